The fraction of sp³-hybridized carbons (Fsp3) is 0.632. The summed E-state index contributed by atoms with van der Waals surface area (Å²) in [5.74, 6) is 0.978. The molecule has 0 aromatic heterocycles. The van der Waals surface area contributed by atoms with E-state index in [1.807, 2.05) is 0 Å². The molecule has 0 spiro atoms. The zero-order valence-corrected chi connectivity index (χ0v) is 15.7. The molecule has 1 aromatic rings. The number of carbonyl (C=O) groups excluding carboxylic acids is 1. The van der Waals surface area contributed by atoms with Crippen LogP contribution in [-0.4, -0.2) is 20.7 Å². The molecule has 2 nitrogen and oxygen atoms in total. The first-order valence-corrected chi connectivity index (χ1v) is 11.3. The van der Waals surface area contributed by atoms with Gasteiger partial charge in [-0.1, -0.05) is 51.1 Å². The molecule has 1 aliphatic carbocycles. The van der Waals surface area contributed by atoms with Gasteiger partial charge in [-0.15, -0.1) is 0 Å². The maximum absolute atomic E-state index is 12.3. The van der Waals surface area contributed by atoms with Crippen LogP contribution < -0.4 is 0 Å². The minimum absolute atomic E-state index is 0.0769. The van der Waals surface area contributed by atoms with E-state index in [4.69, 9.17) is 4.43 Å². The van der Waals surface area contributed by atoms with E-state index in [0.717, 1.165) is 12.8 Å². The van der Waals surface area contributed by atoms with Gasteiger partial charge in [0.15, 0.2) is 8.32 Å². The molecular formula is C19H30O2Si. The standard InChI is InChI=1S/C19H30O2Si/c1-19(2,3)22(4,5)21-14-17-13-16(11-12-18(17)20)15-9-7-6-8-10-15/h6-10,16-17H,11-14H2,1-5H3. The lowest BCUT2D eigenvalue weighted by Gasteiger charge is -2.38. The zero-order chi connectivity index (χ0) is 16.4. The highest BCUT2D eigenvalue weighted by Gasteiger charge is 2.39. The quantitative estimate of drug-likeness (QED) is 0.717. The second-order valence-corrected chi connectivity index (χ2v) is 12.9. The van der Waals surface area contributed by atoms with E-state index in [2.05, 4.69) is 64.2 Å². The number of benzene rings is 1. The Labute approximate surface area is 136 Å². The Morgan fingerprint density at radius 1 is 1.18 bits per heavy atom. The Balaban J connectivity index is 2.00. The predicted octanol–water partition coefficient (Wildman–Crippen LogP) is 5.16. The number of ketones is 1. The van der Waals surface area contributed by atoms with Crippen LogP contribution in [0, 0.1) is 5.92 Å². The summed E-state index contributed by atoms with van der Waals surface area (Å²) in [5, 5.41) is 0.198. The van der Waals surface area contributed by atoms with Gasteiger partial charge in [-0.2, -0.15) is 0 Å². The molecule has 1 aliphatic rings. The number of carbonyl (C=O) groups is 1. The van der Waals surface area contributed by atoms with Gasteiger partial charge in [0.2, 0.25) is 0 Å². The average molecular weight is 319 g/mol. The third kappa shape index (κ3) is 4.08. The zero-order valence-electron chi connectivity index (χ0n) is 14.7. The van der Waals surface area contributed by atoms with E-state index in [-0.39, 0.29) is 11.0 Å². The van der Waals surface area contributed by atoms with E-state index in [9.17, 15) is 4.79 Å². The van der Waals surface area contributed by atoms with Gasteiger partial charge in [-0.3, -0.25) is 4.79 Å². The third-order valence-electron chi connectivity index (χ3n) is 5.49. The van der Waals surface area contributed by atoms with Crippen molar-refractivity contribution in [3.63, 3.8) is 0 Å². The van der Waals surface area contributed by atoms with Crippen molar-refractivity contribution in [1.82, 2.24) is 0 Å². The van der Waals surface area contributed by atoms with Crippen molar-refractivity contribution >= 4 is 14.1 Å². The predicted molar refractivity (Wildman–Crippen MR) is 94.7 cm³/mol. The average Bonchev–Trinajstić information content (AvgIpc) is 2.46. The van der Waals surface area contributed by atoms with E-state index in [1.165, 1.54) is 5.56 Å². The minimum atomic E-state index is -1.77. The Morgan fingerprint density at radius 2 is 1.82 bits per heavy atom. The smallest absolute Gasteiger partial charge is 0.192 e. The Morgan fingerprint density at radius 3 is 2.41 bits per heavy atom. The van der Waals surface area contributed by atoms with Gasteiger partial charge in [0, 0.05) is 18.9 Å². The maximum Gasteiger partial charge on any atom is 0.192 e. The lowest BCUT2D eigenvalue weighted by molar-refractivity contribution is -0.126. The van der Waals surface area contributed by atoms with Gasteiger partial charge in [0.05, 0.1) is 0 Å². The Kier molecular flexibility index (Phi) is 5.28. The normalized spacial score (nSPS) is 23.6. The van der Waals surface area contributed by atoms with Crippen LogP contribution in [0.3, 0.4) is 0 Å². The fourth-order valence-corrected chi connectivity index (χ4v) is 3.88. The van der Waals surface area contributed by atoms with Crippen LogP contribution in [0.5, 0.6) is 0 Å². The van der Waals surface area contributed by atoms with Crippen molar-refractivity contribution in [2.24, 2.45) is 5.92 Å². The second-order valence-electron chi connectivity index (χ2n) is 8.12. The highest BCUT2D eigenvalue weighted by atomic mass is 28.4. The summed E-state index contributed by atoms with van der Waals surface area (Å²) in [6.45, 7) is 11.9. The Hall–Kier alpha value is -0.933. The van der Waals surface area contributed by atoms with Crippen molar-refractivity contribution in [2.75, 3.05) is 6.61 Å². The van der Waals surface area contributed by atoms with Gasteiger partial charge < -0.3 is 4.43 Å². The summed E-state index contributed by atoms with van der Waals surface area (Å²) in [7, 11) is -1.77. The number of hydrogen-bond donors (Lipinski definition) is 0. The monoisotopic (exact) mass is 318 g/mol. The lowest BCUT2D eigenvalue weighted by atomic mass is 9.77. The first-order valence-electron chi connectivity index (χ1n) is 8.42. The van der Waals surface area contributed by atoms with E-state index >= 15 is 0 Å². The van der Waals surface area contributed by atoms with Crippen LogP contribution in [-0.2, 0) is 9.22 Å². The SMILES string of the molecule is CC(C)(C)[Si](C)(C)OCC1CC(c2ccccc2)CCC1=O. The molecule has 1 aromatic carbocycles. The van der Waals surface area contributed by atoms with Gasteiger partial charge >= 0.3 is 0 Å². The molecule has 2 rings (SSSR count). The molecule has 3 heteroatoms. The van der Waals surface area contributed by atoms with Gasteiger partial charge in [0.25, 0.3) is 0 Å². The molecule has 0 N–H and O–H groups in total. The summed E-state index contributed by atoms with van der Waals surface area (Å²) in [6.07, 6.45) is 2.63. The second kappa shape index (κ2) is 6.67. The molecule has 0 bridgehead atoms. The lowest BCUT2D eigenvalue weighted by Crippen LogP contribution is -2.43. The van der Waals surface area contributed by atoms with E-state index in [0.29, 0.717) is 24.7 Å². The van der Waals surface area contributed by atoms with Crippen molar-refractivity contribution in [3.05, 3.63) is 35.9 Å². The van der Waals surface area contributed by atoms with Crippen LogP contribution in [0.15, 0.2) is 30.3 Å². The van der Waals surface area contributed by atoms with Crippen molar-refractivity contribution in [3.8, 4) is 0 Å². The molecule has 22 heavy (non-hydrogen) atoms. The molecule has 1 fully saturated rings. The molecule has 0 aliphatic heterocycles. The molecule has 0 heterocycles. The minimum Gasteiger partial charge on any atom is -0.416 e. The molecule has 1 saturated carbocycles. The summed E-state index contributed by atoms with van der Waals surface area (Å²) in [4.78, 5) is 12.3. The molecule has 122 valence electrons. The van der Waals surface area contributed by atoms with Crippen LogP contribution in [0.25, 0.3) is 0 Å². The third-order valence-corrected chi connectivity index (χ3v) is 9.99. The van der Waals surface area contributed by atoms with Gasteiger partial charge in [-0.25, -0.2) is 0 Å². The highest BCUT2D eigenvalue weighted by molar-refractivity contribution is 6.74. The molecule has 2 atom stereocenters. The molecule has 0 radical (unpaired) electrons. The van der Waals surface area contributed by atoms with E-state index < -0.39 is 8.32 Å². The summed E-state index contributed by atoms with van der Waals surface area (Å²) < 4.78 is 6.31. The summed E-state index contributed by atoms with van der Waals surface area (Å²) >= 11 is 0. The first kappa shape index (κ1) is 17.4. The van der Waals surface area contributed by atoms with Crippen molar-refractivity contribution in [1.29, 1.82) is 0 Å². The maximum atomic E-state index is 12.3. The molecule has 0 saturated heterocycles. The molecule has 2 unspecified atom stereocenters. The number of hydrogen-bond acceptors (Lipinski definition) is 2. The first-order chi connectivity index (χ1) is 10.2. The molecular weight excluding hydrogens is 288 g/mol. The summed E-state index contributed by atoms with van der Waals surface area (Å²) in [5.41, 5.74) is 1.37. The van der Waals surface area contributed by atoms with Gasteiger partial charge in [-0.05, 0) is 42.5 Å². The van der Waals surface area contributed by atoms with Crippen molar-refractivity contribution in [2.45, 2.75) is 64.1 Å². The number of Topliss-reactive ketones (excluding diaryl/α,β-unsaturated/α-hetero) is 1. The van der Waals surface area contributed by atoms with Crippen molar-refractivity contribution < 1.29 is 9.22 Å². The topological polar surface area (TPSA) is 26.3 Å². The highest BCUT2D eigenvalue weighted by Crippen LogP contribution is 2.39. The van der Waals surface area contributed by atoms with Crippen LogP contribution in [0.2, 0.25) is 18.1 Å². The van der Waals surface area contributed by atoms with E-state index in [1.54, 1.807) is 0 Å². The largest absolute Gasteiger partial charge is 0.416 e. The number of rotatable bonds is 4. The summed E-state index contributed by atoms with van der Waals surface area (Å²) in [6, 6.07) is 10.6. The Bertz CT molecular complexity index is 502. The molecule has 0 amide bonds. The van der Waals surface area contributed by atoms with Crippen LogP contribution >= 0.6 is 0 Å². The van der Waals surface area contributed by atoms with Crippen LogP contribution in [0.1, 0.15) is 51.5 Å². The fourth-order valence-electron chi connectivity index (χ4n) is 2.83. The van der Waals surface area contributed by atoms with Gasteiger partial charge in [0.1, 0.15) is 5.78 Å². The van der Waals surface area contributed by atoms with Crippen LogP contribution in [0.4, 0.5) is 0 Å².